The van der Waals surface area contributed by atoms with E-state index in [2.05, 4.69) is 47.8 Å². The molecule has 3 aliphatic rings. The first-order valence-electron chi connectivity index (χ1n) is 19.3. The molecule has 56 heavy (non-hydrogen) atoms. The number of nitrogens with zero attached hydrogens (tertiary/aromatic N) is 3. The van der Waals surface area contributed by atoms with Crippen molar-refractivity contribution in [2.45, 2.75) is 71.9 Å². The number of likely N-dealkylation sites (tertiary alicyclic amines) is 1. The summed E-state index contributed by atoms with van der Waals surface area (Å²) in [4.78, 5) is 55.8. The number of nitrogens with one attached hydrogen (secondary N) is 2. The summed E-state index contributed by atoms with van der Waals surface area (Å²) in [7, 11) is -4.95. The van der Waals surface area contributed by atoms with Gasteiger partial charge in [0.15, 0.2) is 0 Å². The van der Waals surface area contributed by atoms with Crippen molar-refractivity contribution in [3.8, 4) is 22.5 Å². The predicted molar refractivity (Wildman–Crippen MR) is 213 cm³/mol. The van der Waals surface area contributed by atoms with E-state index in [1.165, 1.54) is 4.90 Å². The maximum atomic E-state index is 14.6. The van der Waals surface area contributed by atoms with E-state index in [1.54, 1.807) is 12.1 Å². The molecule has 2 heterocycles. The first-order valence-corrected chi connectivity index (χ1v) is 20.8. The minimum Gasteiger partial charge on any atom is -0.748 e. The van der Waals surface area contributed by atoms with Gasteiger partial charge in [-0.05, 0) is 83.2 Å². The van der Waals surface area contributed by atoms with Crippen LogP contribution in [0.4, 0.5) is 5.69 Å². The maximum absolute atomic E-state index is 14.6. The fourth-order valence-corrected chi connectivity index (χ4v) is 8.09. The van der Waals surface area contributed by atoms with Crippen LogP contribution in [0.5, 0.6) is 0 Å². The molecule has 2 aliphatic heterocycles. The number of hydrogen-bond acceptors (Lipinski definition) is 9. The number of benzene rings is 3. The zero-order valence-corrected chi connectivity index (χ0v) is 33.2. The number of carboxylic acids is 1. The molecule has 1 saturated heterocycles. The molecule has 3 N–H and O–H groups in total. The highest BCUT2D eigenvalue weighted by molar-refractivity contribution is 7.85. The van der Waals surface area contributed by atoms with Crippen LogP contribution in [0, 0.1) is 0 Å². The van der Waals surface area contributed by atoms with E-state index in [-0.39, 0.29) is 32.4 Å². The standard InChI is InChI=1S/C41H51N5O9S/c1-5-44(6-2)27-18-20-31-35(24-27)55-36-25-28(45(7-3)8-4)19-21-32(36)38(31)29-14-9-10-15-30(29)41(51)46-23-13-16-34(46)40(50)43-33(26-56(52,53)54)39(49)42-22-12-11-17-37(47)48/h9-10,14-15,18-21,24-25,33-34H,5-8,11-13,16-17,22-23,26H2,1-4H3,(H3-,42,43,47,48,49,50,52,53,54). The molecule has 1 aliphatic carbocycles. The van der Waals surface area contributed by atoms with Crippen LogP contribution in [-0.2, 0) is 24.5 Å². The van der Waals surface area contributed by atoms with Crippen molar-refractivity contribution in [1.29, 1.82) is 0 Å². The first-order chi connectivity index (χ1) is 26.8. The molecule has 0 radical (unpaired) electrons. The second-order valence-electron chi connectivity index (χ2n) is 13.8. The molecular weight excluding hydrogens is 739 g/mol. The molecule has 300 valence electrons. The van der Waals surface area contributed by atoms with Crippen LogP contribution in [0.15, 0.2) is 65.1 Å². The smallest absolute Gasteiger partial charge is 0.303 e. The summed E-state index contributed by atoms with van der Waals surface area (Å²) in [5.74, 6) is -3.60. The number of amides is 3. The molecule has 2 aromatic rings. The molecule has 0 aromatic heterocycles. The maximum Gasteiger partial charge on any atom is 0.303 e. The number of aliphatic carboxylic acids is 1. The van der Waals surface area contributed by atoms with Crippen LogP contribution in [0.1, 0.15) is 70.2 Å². The van der Waals surface area contributed by atoms with E-state index in [0.717, 1.165) is 53.7 Å². The van der Waals surface area contributed by atoms with Gasteiger partial charge in [0, 0.05) is 72.5 Å². The molecule has 14 nitrogen and oxygen atoms in total. The largest absolute Gasteiger partial charge is 0.748 e. The number of rotatable bonds is 17. The molecule has 3 amide bonds. The lowest BCUT2D eigenvalue weighted by Crippen LogP contribution is -2.55. The summed E-state index contributed by atoms with van der Waals surface area (Å²) in [6.07, 6.45) is 1.18. The topological polar surface area (TPSA) is 192 Å². The van der Waals surface area contributed by atoms with Crippen molar-refractivity contribution in [2.24, 2.45) is 0 Å². The number of anilines is 1. The van der Waals surface area contributed by atoms with Crippen molar-refractivity contribution < 1.29 is 41.7 Å². The molecule has 0 spiro atoms. The van der Waals surface area contributed by atoms with Gasteiger partial charge < -0.3 is 34.5 Å². The highest BCUT2D eigenvalue weighted by Crippen LogP contribution is 2.42. The van der Waals surface area contributed by atoms with Gasteiger partial charge in [-0.3, -0.25) is 19.2 Å². The third kappa shape index (κ3) is 9.74. The van der Waals surface area contributed by atoms with Gasteiger partial charge in [0.2, 0.25) is 17.2 Å². The highest BCUT2D eigenvalue weighted by atomic mass is 32.2. The monoisotopic (exact) mass is 789 g/mol. The van der Waals surface area contributed by atoms with E-state index in [0.29, 0.717) is 35.3 Å². The van der Waals surface area contributed by atoms with Crippen LogP contribution in [0.2, 0.25) is 0 Å². The lowest BCUT2D eigenvalue weighted by Gasteiger charge is -2.28. The number of fused-ring (bicyclic) bond motifs is 2. The van der Waals surface area contributed by atoms with Gasteiger partial charge in [-0.2, -0.15) is 0 Å². The second kappa shape index (κ2) is 18.6. The van der Waals surface area contributed by atoms with Gasteiger partial charge in [-0.15, -0.1) is 0 Å². The zero-order chi connectivity index (χ0) is 40.6. The number of unbranched alkanes of at least 4 members (excludes halogenated alkanes) is 1. The van der Waals surface area contributed by atoms with E-state index < -0.39 is 51.6 Å². The zero-order valence-electron chi connectivity index (χ0n) is 32.4. The molecule has 2 unspecified atom stereocenters. The average molecular weight is 790 g/mol. The van der Waals surface area contributed by atoms with Gasteiger partial charge in [0.1, 0.15) is 36.5 Å². The molecule has 2 atom stereocenters. The van der Waals surface area contributed by atoms with Crippen molar-refractivity contribution >= 4 is 50.5 Å². The summed E-state index contributed by atoms with van der Waals surface area (Å²) in [5, 5.41) is 15.5. The average Bonchev–Trinajstić information content (AvgIpc) is 3.67. The van der Waals surface area contributed by atoms with E-state index in [4.69, 9.17) is 9.52 Å². The van der Waals surface area contributed by atoms with Gasteiger partial charge in [0.05, 0.1) is 21.9 Å². The van der Waals surface area contributed by atoms with E-state index in [1.807, 2.05) is 48.5 Å². The van der Waals surface area contributed by atoms with Crippen LogP contribution in [0.25, 0.3) is 33.4 Å². The van der Waals surface area contributed by atoms with E-state index >= 15 is 0 Å². The third-order valence-electron chi connectivity index (χ3n) is 10.3. The summed E-state index contributed by atoms with van der Waals surface area (Å²) in [6, 6.07) is 16.6. The lowest BCUT2D eigenvalue weighted by molar-refractivity contribution is -0.137. The minimum atomic E-state index is -4.95. The van der Waals surface area contributed by atoms with Gasteiger partial charge in [0.25, 0.3) is 5.91 Å². The van der Waals surface area contributed by atoms with Crippen molar-refractivity contribution in [1.82, 2.24) is 20.1 Å². The van der Waals surface area contributed by atoms with Crippen molar-refractivity contribution in [3.63, 3.8) is 0 Å². The Morgan fingerprint density at radius 3 is 2.39 bits per heavy atom. The molecule has 2 aromatic carbocycles. The van der Waals surface area contributed by atoms with Crippen molar-refractivity contribution in [2.75, 3.05) is 49.9 Å². The lowest BCUT2D eigenvalue weighted by atomic mass is 9.90. The van der Waals surface area contributed by atoms with Crippen LogP contribution < -0.4 is 25.5 Å². The number of carbonyl (C=O) groups is 4. The third-order valence-corrected chi connectivity index (χ3v) is 11.1. The Hall–Kier alpha value is -5.28. The quantitative estimate of drug-likeness (QED) is 0.0613. The Bertz CT molecular complexity index is 2230. The Morgan fingerprint density at radius 1 is 0.982 bits per heavy atom. The number of carboxylic acid groups (broad SMARTS) is 1. The Labute approximate surface area is 327 Å². The number of hydrogen-bond donors (Lipinski definition) is 3. The van der Waals surface area contributed by atoms with Gasteiger partial charge >= 0.3 is 5.97 Å². The van der Waals surface area contributed by atoms with Crippen LogP contribution in [-0.4, -0.2) is 104 Å². The van der Waals surface area contributed by atoms with Gasteiger partial charge in [-0.1, -0.05) is 18.2 Å². The molecule has 1 fully saturated rings. The number of carbonyl (C=O) groups excluding carboxylic acids is 3. The van der Waals surface area contributed by atoms with E-state index in [9.17, 15) is 32.1 Å². The summed E-state index contributed by atoms with van der Waals surface area (Å²) in [5.41, 5.74) is 4.23. The first kappa shape index (κ1) is 41.9. The molecule has 0 saturated carbocycles. The van der Waals surface area contributed by atoms with Crippen molar-refractivity contribution in [3.05, 3.63) is 71.6 Å². The summed E-state index contributed by atoms with van der Waals surface area (Å²) in [6.45, 7) is 11.9. The van der Waals surface area contributed by atoms with Crippen LogP contribution in [0.3, 0.4) is 0 Å². The summed E-state index contributed by atoms with van der Waals surface area (Å²) < 4.78 is 44.1. The Morgan fingerprint density at radius 2 is 1.71 bits per heavy atom. The highest BCUT2D eigenvalue weighted by Gasteiger charge is 2.37. The fraction of sp³-hybridized carbons (Fsp3) is 0.439. The predicted octanol–water partition coefficient (Wildman–Crippen LogP) is 3.87. The SMILES string of the molecule is CCN(CC)c1ccc2c(-c3ccccc3C(=O)N3CCCC3C(=O)NC(CS(=O)(=O)[O-])C(=O)NCCCCC(=O)O)c3ccc(=[N+](CC)CC)cc-3oc2c1. The Balaban J connectivity index is 1.52. The molecule has 5 rings (SSSR count). The van der Waals surface area contributed by atoms with Crippen LogP contribution >= 0.6 is 0 Å². The normalized spacial score (nSPS) is 14.8. The second-order valence-corrected chi connectivity index (χ2v) is 15.3. The Kier molecular flexibility index (Phi) is 13.9. The fourth-order valence-electron chi connectivity index (χ4n) is 7.44. The molecular formula is C41H51N5O9S. The molecule has 0 bridgehead atoms. The molecule has 15 heteroatoms. The summed E-state index contributed by atoms with van der Waals surface area (Å²) >= 11 is 0. The minimum absolute atomic E-state index is 0.0197. The van der Waals surface area contributed by atoms with Gasteiger partial charge in [-0.25, -0.2) is 13.0 Å².